The Morgan fingerprint density at radius 3 is 2.56 bits per heavy atom. The first kappa shape index (κ1) is 14.0. The zero-order valence-electron chi connectivity index (χ0n) is 10.4. The van der Waals surface area contributed by atoms with Crippen molar-refractivity contribution in [1.82, 2.24) is 5.32 Å². The molecular weight excluding hydrogens is 234 g/mol. The lowest BCUT2D eigenvalue weighted by Gasteiger charge is -2.12. The van der Waals surface area contributed by atoms with Crippen molar-refractivity contribution in [3.63, 3.8) is 0 Å². The summed E-state index contributed by atoms with van der Waals surface area (Å²) in [7, 11) is 0. The van der Waals surface area contributed by atoms with Crippen molar-refractivity contribution >= 4 is 11.9 Å². The van der Waals surface area contributed by atoms with Gasteiger partial charge < -0.3 is 15.5 Å². The number of nitrogens with one attached hydrogen (secondary N) is 1. The third-order valence-corrected chi connectivity index (χ3v) is 2.81. The van der Waals surface area contributed by atoms with Gasteiger partial charge in [-0.25, -0.2) is 0 Å². The van der Waals surface area contributed by atoms with Gasteiger partial charge in [0, 0.05) is 12.1 Å². The fourth-order valence-corrected chi connectivity index (χ4v) is 1.62. The molecule has 0 saturated heterocycles. The van der Waals surface area contributed by atoms with E-state index in [1.165, 1.54) is 18.2 Å². The molecule has 0 spiro atoms. The van der Waals surface area contributed by atoms with Crippen LogP contribution in [0.4, 0.5) is 0 Å². The number of amides is 1. The molecule has 0 saturated carbocycles. The summed E-state index contributed by atoms with van der Waals surface area (Å²) >= 11 is 0. The Balaban J connectivity index is 2.68. The van der Waals surface area contributed by atoms with Crippen LogP contribution in [-0.4, -0.2) is 28.6 Å². The third-order valence-electron chi connectivity index (χ3n) is 2.81. The number of hydrogen-bond acceptors (Lipinski definition) is 3. The summed E-state index contributed by atoms with van der Waals surface area (Å²) < 4.78 is 0. The molecule has 1 aromatic carbocycles. The minimum Gasteiger partial charge on any atom is -0.508 e. The van der Waals surface area contributed by atoms with E-state index < -0.39 is 11.9 Å². The summed E-state index contributed by atoms with van der Waals surface area (Å²) in [6.07, 6.45) is 0.462. The highest BCUT2D eigenvalue weighted by Crippen LogP contribution is 2.15. The van der Waals surface area contributed by atoms with Gasteiger partial charge in [0.05, 0.1) is 5.92 Å². The Morgan fingerprint density at radius 2 is 2.06 bits per heavy atom. The van der Waals surface area contributed by atoms with Crippen molar-refractivity contribution in [3.8, 4) is 5.75 Å². The highest BCUT2D eigenvalue weighted by Gasteiger charge is 2.17. The van der Waals surface area contributed by atoms with Crippen LogP contribution in [0, 0.1) is 12.8 Å². The molecule has 0 radical (unpaired) electrons. The van der Waals surface area contributed by atoms with Crippen molar-refractivity contribution in [1.29, 1.82) is 0 Å². The van der Waals surface area contributed by atoms with Crippen molar-refractivity contribution in [2.75, 3.05) is 6.54 Å². The van der Waals surface area contributed by atoms with Gasteiger partial charge in [-0.05, 0) is 37.1 Å². The van der Waals surface area contributed by atoms with E-state index in [2.05, 4.69) is 5.32 Å². The zero-order chi connectivity index (χ0) is 13.7. The first-order valence-corrected chi connectivity index (χ1v) is 5.76. The highest BCUT2D eigenvalue weighted by atomic mass is 16.4. The lowest BCUT2D eigenvalue weighted by molar-refractivity contribution is -0.141. The maximum absolute atomic E-state index is 11.8. The van der Waals surface area contributed by atoms with E-state index in [0.29, 0.717) is 17.5 Å². The van der Waals surface area contributed by atoms with Crippen LogP contribution < -0.4 is 5.32 Å². The molecule has 0 aliphatic carbocycles. The Hall–Kier alpha value is -2.04. The molecule has 3 N–H and O–H groups in total. The average molecular weight is 251 g/mol. The summed E-state index contributed by atoms with van der Waals surface area (Å²) in [5.74, 6) is -1.72. The number of carboxylic acids is 1. The molecule has 1 amide bonds. The average Bonchev–Trinajstić information content (AvgIpc) is 2.28. The largest absolute Gasteiger partial charge is 0.508 e. The molecule has 5 heteroatoms. The molecule has 0 aromatic heterocycles. The number of carbonyl (C=O) groups is 2. The molecule has 18 heavy (non-hydrogen) atoms. The van der Waals surface area contributed by atoms with Crippen LogP contribution in [0.25, 0.3) is 0 Å². The number of hydrogen-bond donors (Lipinski definition) is 3. The minimum absolute atomic E-state index is 0.0982. The molecule has 0 heterocycles. The molecule has 0 aliphatic heterocycles. The molecular formula is C13H17NO4. The van der Waals surface area contributed by atoms with E-state index in [1.54, 1.807) is 13.8 Å². The lowest BCUT2D eigenvalue weighted by atomic mass is 10.1. The zero-order valence-corrected chi connectivity index (χ0v) is 10.4. The Morgan fingerprint density at radius 1 is 1.39 bits per heavy atom. The number of carbonyl (C=O) groups excluding carboxylic acids is 1. The summed E-state index contributed by atoms with van der Waals surface area (Å²) in [5.41, 5.74) is 1.09. The SMILES string of the molecule is CCC(CNC(=O)c1ccc(O)cc1C)C(=O)O. The Labute approximate surface area is 105 Å². The van der Waals surface area contributed by atoms with Crippen LogP contribution in [0.15, 0.2) is 18.2 Å². The van der Waals surface area contributed by atoms with Gasteiger partial charge in [0.15, 0.2) is 0 Å². The van der Waals surface area contributed by atoms with Gasteiger partial charge >= 0.3 is 5.97 Å². The van der Waals surface area contributed by atoms with Gasteiger partial charge in [-0.3, -0.25) is 9.59 Å². The molecule has 98 valence electrons. The highest BCUT2D eigenvalue weighted by molar-refractivity contribution is 5.96. The fraction of sp³-hybridized carbons (Fsp3) is 0.385. The number of benzene rings is 1. The quantitative estimate of drug-likeness (QED) is 0.740. The third kappa shape index (κ3) is 3.48. The van der Waals surface area contributed by atoms with E-state index in [-0.39, 0.29) is 18.2 Å². The number of aromatic hydroxyl groups is 1. The summed E-state index contributed by atoms with van der Waals surface area (Å²) in [6.45, 7) is 3.57. The van der Waals surface area contributed by atoms with Gasteiger partial charge in [-0.1, -0.05) is 6.92 Å². The van der Waals surface area contributed by atoms with Crippen molar-refractivity contribution in [2.24, 2.45) is 5.92 Å². The lowest BCUT2D eigenvalue weighted by Crippen LogP contribution is -2.32. The molecule has 5 nitrogen and oxygen atoms in total. The molecule has 1 atom stereocenters. The number of phenolic OH excluding ortho intramolecular Hbond substituents is 1. The first-order valence-electron chi connectivity index (χ1n) is 5.76. The minimum atomic E-state index is -0.916. The fourth-order valence-electron chi connectivity index (χ4n) is 1.62. The molecule has 0 bridgehead atoms. The predicted octanol–water partition coefficient (Wildman–Crippen LogP) is 1.54. The number of carboxylic acid groups (broad SMARTS) is 1. The van der Waals surface area contributed by atoms with Crippen LogP contribution in [0.3, 0.4) is 0 Å². The molecule has 0 fully saturated rings. The predicted molar refractivity (Wildman–Crippen MR) is 66.6 cm³/mol. The van der Waals surface area contributed by atoms with Crippen LogP contribution in [0.2, 0.25) is 0 Å². The standard InChI is InChI=1S/C13H17NO4/c1-3-9(13(17)18)7-14-12(16)11-5-4-10(15)6-8(11)2/h4-6,9,15H,3,7H2,1-2H3,(H,14,16)(H,17,18). The monoisotopic (exact) mass is 251 g/mol. The van der Waals surface area contributed by atoms with Gasteiger partial charge in [0.1, 0.15) is 5.75 Å². The van der Waals surface area contributed by atoms with E-state index in [9.17, 15) is 14.7 Å². The summed E-state index contributed by atoms with van der Waals surface area (Å²) in [4.78, 5) is 22.6. The number of phenols is 1. The van der Waals surface area contributed by atoms with Gasteiger partial charge in [0.25, 0.3) is 5.91 Å². The molecule has 1 aromatic rings. The van der Waals surface area contributed by atoms with Crippen LogP contribution in [0.5, 0.6) is 5.75 Å². The van der Waals surface area contributed by atoms with Gasteiger partial charge in [-0.2, -0.15) is 0 Å². The number of aliphatic carboxylic acids is 1. The van der Waals surface area contributed by atoms with Gasteiger partial charge in [-0.15, -0.1) is 0 Å². The number of rotatable bonds is 5. The maximum atomic E-state index is 11.8. The van der Waals surface area contributed by atoms with Crippen molar-refractivity contribution in [3.05, 3.63) is 29.3 Å². The normalized spacial score (nSPS) is 11.9. The topological polar surface area (TPSA) is 86.6 Å². The van der Waals surface area contributed by atoms with Crippen LogP contribution >= 0.6 is 0 Å². The number of aryl methyl sites for hydroxylation is 1. The second kappa shape index (κ2) is 6.05. The van der Waals surface area contributed by atoms with Crippen molar-refractivity contribution < 1.29 is 19.8 Å². The smallest absolute Gasteiger partial charge is 0.308 e. The van der Waals surface area contributed by atoms with E-state index in [4.69, 9.17) is 5.11 Å². The van der Waals surface area contributed by atoms with E-state index >= 15 is 0 Å². The first-order chi connectivity index (χ1) is 8.45. The van der Waals surface area contributed by atoms with Crippen LogP contribution in [0.1, 0.15) is 29.3 Å². The molecule has 1 rings (SSSR count). The van der Waals surface area contributed by atoms with E-state index in [0.717, 1.165) is 0 Å². The molecule has 0 aliphatic rings. The second-order valence-corrected chi connectivity index (χ2v) is 4.15. The molecule has 1 unspecified atom stereocenters. The summed E-state index contributed by atoms with van der Waals surface area (Å²) in [6, 6.07) is 4.43. The van der Waals surface area contributed by atoms with Gasteiger partial charge in [0.2, 0.25) is 0 Å². The summed E-state index contributed by atoms with van der Waals surface area (Å²) in [5, 5.41) is 20.7. The van der Waals surface area contributed by atoms with E-state index in [1.807, 2.05) is 0 Å². The Kier molecular flexibility index (Phi) is 4.71. The van der Waals surface area contributed by atoms with Crippen LogP contribution in [-0.2, 0) is 4.79 Å². The second-order valence-electron chi connectivity index (χ2n) is 4.15. The Bertz CT molecular complexity index is 456. The maximum Gasteiger partial charge on any atom is 0.308 e. The van der Waals surface area contributed by atoms with Crippen molar-refractivity contribution in [2.45, 2.75) is 20.3 Å².